The first-order valence-electron chi connectivity index (χ1n) is 7.73. The first kappa shape index (κ1) is 16.8. The molecule has 122 valence electrons. The lowest BCUT2D eigenvalue weighted by Gasteiger charge is -2.29. The van der Waals surface area contributed by atoms with Crippen LogP contribution in [-0.4, -0.2) is 29.1 Å². The molecule has 0 unspecified atom stereocenters. The summed E-state index contributed by atoms with van der Waals surface area (Å²) in [6.07, 6.45) is 4.47. The Kier molecular flexibility index (Phi) is 5.58. The van der Waals surface area contributed by atoms with Gasteiger partial charge in [-0.1, -0.05) is 25.7 Å². The zero-order valence-corrected chi connectivity index (χ0v) is 12.9. The third kappa shape index (κ3) is 4.46. The summed E-state index contributed by atoms with van der Waals surface area (Å²) >= 11 is 0. The zero-order chi connectivity index (χ0) is 16.7. The Hall–Kier alpha value is -2.55. The number of nitriles is 1. The molecule has 2 N–H and O–H groups in total. The lowest BCUT2D eigenvalue weighted by atomic mass is 9.90. The number of nitrogens with one attached hydrogen (secondary N) is 1. The van der Waals surface area contributed by atoms with Gasteiger partial charge < -0.3 is 15.2 Å². The van der Waals surface area contributed by atoms with E-state index in [-0.39, 0.29) is 6.61 Å². The predicted octanol–water partition coefficient (Wildman–Crippen LogP) is 2.23. The molecule has 1 fully saturated rings. The summed E-state index contributed by atoms with van der Waals surface area (Å²) < 4.78 is 5.35. The van der Waals surface area contributed by atoms with Crippen molar-refractivity contribution in [2.45, 2.75) is 44.1 Å². The molecule has 23 heavy (non-hydrogen) atoms. The lowest BCUT2D eigenvalue weighted by molar-refractivity contribution is -0.148. The van der Waals surface area contributed by atoms with Crippen molar-refractivity contribution in [2.75, 3.05) is 6.61 Å². The van der Waals surface area contributed by atoms with Crippen LogP contribution in [0.3, 0.4) is 0 Å². The molecule has 6 nitrogen and oxygen atoms in total. The van der Waals surface area contributed by atoms with Crippen LogP contribution in [0, 0.1) is 11.3 Å². The van der Waals surface area contributed by atoms with Gasteiger partial charge in [-0.2, -0.15) is 5.26 Å². The van der Waals surface area contributed by atoms with Crippen molar-refractivity contribution in [3.8, 4) is 11.8 Å². The Labute approximate surface area is 135 Å². The highest BCUT2D eigenvalue weighted by atomic mass is 16.5. The highest BCUT2D eigenvalue weighted by Gasteiger charge is 2.40. The van der Waals surface area contributed by atoms with Crippen LogP contribution in [0.2, 0.25) is 0 Å². The van der Waals surface area contributed by atoms with E-state index in [1.165, 1.54) is 0 Å². The minimum absolute atomic E-state index is 0.249. The monoisotopic (exact) mass is 316 g/mol. The van der Waals surface area contributed by atoms with Crippen molar-refractivity contribution in [1.82, 2.24) is 5.32 Å². The minimum atomic E-state index is -1.18. The van der Waals surface area contributed by atoms with E-state index in [1.807, 2.05) is 6.07 Å². The molecular formula is C17H20N2O4. The van der Waals surface area contributed by atoms with Crippen molar-refractivity contribution in [1.29, 1.82) is 5.26 Å². The van der Waals surface area contributed by atoms with Gasteiger partial charge in [0.25, 0.3) is 5.91 Å². The van der Waals surface area contributed by atoms with E-state index >= 15 is 0 Å². The molecule has 1 aliphatic rings. The second kappa shape index (κ2) is 7.63. The number of nitrogens with zero attached hydrogens (tertiary/aromatic N) is 1. The Morgan fingerprint density at radius 3 is 2.30 bits per heavy atom. The number of aliphatic carboxylic acids is 1. The molecule has 1 aromatic rings. The number of amides is 1. The minimum Gasteiger partial charge on any atom is -0.484 e. The van der Waals surface area contributed by atoms with Gasteiger partial charge in [0.05, 0.1) is 11.6 Å². The van der Waals surface area contributed by atoms with Gasteiger partial charge in [0.15, 0.2) is 6.61 Å². The van der Waals surface area contributed by atoms with Gasteiger partial charge in [-0.05, 0) is 37.1 Å². The molecule has 0 atom stereocenters. The first-order chi connectivity index (χ1) is 11.1. The van der Waals surface area contributed by atoms with Crippen LogP contribution >= 0.6 is 0 Å². The van der Waals surface area contributed by atoms with E-state index in [0.29, 0.717) is 24.2 Å². The summed E-state index contributed by atoms with van der Waals surface area (Å²) in [6, 6.07) is 8.39. The second-order valence-electron chi connectivity index (χ2n) is 5.77. The third-order valence-corrected chi connectivity index (χ3v) is 4.10. The standard InChI is InChI=1S/C17H20N2O4/c18-11-13-5-7-14(8-6-13)23-12-15(20)19-17(16(21)22)9-3-1-2-4-10-17/h5-8H,1-4,9-10,12H2,(H,19,20)(H,21,22). The number of hydrogen-bond acceptors (Lipinski definition) is 4. The highest BCUT2D eigenvalue weighted by Crippen LogP contribution is 2.27. The highest BCUT2D eigenvalue weighted by molar-refractivity contribution is 5.87. The summed E-state index contributed by atoms with van der Waals surface area (Å²) in [5.74, 6) is -0.964. The number of carbonyl (C=O) groups is 2. The SMILES string of the molecule is N#Cc1ccc(OCC(=O)NC2(C(=O)O)CCCCCC2)cc1. The summed E-state index contributed by atoms with van der Waals surface area (Å²) in [4.78, 5) is 23.7. The molecule has 1 saturated carbocycles. The lowest BCUT2D eigenvalue weighted by Crippen LogP contribution is -2.55. The molecule has 2 rings (SSSR count). The first-order valence-corrected chi connectivity index (χ1v) is 7.73. The van der Waals surface area contributed by atoms with Crippen LogP contribution in [-0.2, 0) is 9.59 Å². The van der Waals surface area contributed by atoms with Gasteiger partial charge in [0.1, 0.15) is 11.3 Å². The predicted molar refractivity (Wildman–Crippen MR) is 82.9 cm³/mol. The van der Waals surface area contributed by atoms with Crippen LogP contribution in [0.4, 0.5) is 0 Å². The molecule has 0 saturated heterocycles. The Morgan fingerprint density at radius 1 is 1.17 bits per heavy atom. The molecule has 0 aliphatic heterocycles. The normalized spacial score (nSPS) is 16.7. The van der Waals surface area contributed by atoms with Crippen molar-refractivity contribution >= 4 is 11.9 Å². The van der Waals surface area contributed by atoms with Crippen LogP contribution < -0.4 is 10.1 Å². The molecule has 1 aromatic carbocycles. The van der Waals surface area contributed by atoms with E-state index in [9.17, 15) is 14.7 Å². The molecule has 0 heterocycles. The topological polar surface area (TPSA) is 99.4 Å². The van der Waals surface area contributed by atoms with E-state index in [2.05, 4.69) is 5.32 Å². The van der Waals surface area contributed by atoms with Gasteiger partial charge in [-0.15, -0.1) is 0 Å². The molecule has 6 heteroatoms. The fourth-order valence-electron chi connectivity index (χ4n) is 2.80. The number of hydrogen-bond donors (Lipinski definition) is 2. The number of carboxylic acids is 1. The Morgan fingerprint density at radius 2 is 1.78 bits per heavy atom. The number of ether oxygens (including phenoxy) is 1. The van der Waals surface area contributed by atoms with E-state index in [4.69, 9.17) is 10.00 Å². The number of rotatable bonds is 5. The number of carbonyl (C=O) groups excluding carboxylic acids is 1. The van der Waals surface area contributed by atoms with E-state index < -0.39 is 17.4 Å². The Balaban J connectivity index is 1.93. The van der Waals surface area contributed by atoms with E-state index in [1.54, 1.807) is 24.3 Å². The molecule has 0 bridgehead atoms. The molecule has 1 aliphatic carbocycles. The summed E-state index contributed by atoms with van der Waals surface area (Å²) in [6.45, 7) is -0.249. The second-order valence-corrected chi connectivity index (χ2v) is 5.77. The molecule has 1 amide bonds. The van der Waals surface area contributed by atoms with Crippen molar-refractivity contribution in [3.63, 3.8) is 0 Å². The van der Waals surface area contributed by atoms with Gasteiger partial charge in [0.2, 0.25) is 0 Å². The molecule has 0 spiro atoms. The zero-order valence-electron chi connectivity index (χ0n) is 12.9. The smallest absolute Gasteiger partial charge is 0.329 e. The quantitative estimate of drug-likeness (QED) is 0.811. The summed E-state index contributed by atoms with van der Waals surface area (Å²) in [5.41, 5.74) is -0.674. The van der Waals surface area contributed by atoms with E-state index in [0.717, 1.165) is 25.7 Å². The van der Waals surface area contributed by atoms with Gasteiger partial charge in [-0.25, -0.2) is 4.79 Å². The maximum Gasteiger partial charge on any atom is 0.329 e. The maximum absolute atomic E-state index is 12.1. The molecule has 0 aromatic heterocycles. The average Bonchev–Trinajstić information content (AvgIpc) is 2.80. The van der Waals surface area contributed by atoms with Crippen LogP contribution in [0.1, 0.15) is 44.1 Å². The summed E-state index contributed by atoms with van der Waals surface area (Å²) in [7, 11) is 0. The van der Waals surface area contributed by atoms with Crippen LogP contribution in [0.5, 0.6) is 5.75 Å². The van der Waals surface area contributed by atoms with Gasteiger partial charge in [0, 0.05) is 0 Å². The van der Waals surface area contributed by atoms with Crippen molar-refractivity contribution < 1.29 is 19.4 Å². The maximum atomic E-state index is 12.1. The Bertz CT molecular complexity index is 596. The molecule has 0 radical (unpaired) electrons. The van der Waals surface area contributed by atoms with Crippen LogP contribution in [0.15, 0.2) is 24.3 Å². The van der Waals surface area contributed by atoms with Crippen LogP contribution in [0.25, 0.3) is 0 Å². The fourth-order valence-corrected chi connectivity index (χ4v) is 2.80. The van der Waals surface area contributed by atoms with Crippen molar-refractivity contribution in [2.24, 2.45) is 0 Å². The van der Waals surface area contributed by atoms with Gasteiger partial charge in [-0.3, -0.25) is 4.79 Å². The van der Waals surface area contributed by atoms with Gasteiger partial charge >= 0.3 is 5.97 Å². The average molecular weight is 316 g/mol. The molecular weight excluding hydrogens is 296 g/mol. The summed E-state index contributed by atoms with van der Waals surface area (Å²) in [5, 5.41) is 20.9. The largest absolute Gasteiger partial charge is 0.484 e. The fraction of sp³-hybridized carbons (Fsp3) is 0.471. The van der Waals surface area contributed by atoms with Crippen molar-refractivity contribution in [3.05, 3.63) is 29.8 Å². The number of carboxylic acid groups (broad SMARTS) is 1. The number of benzene rings is 1. The third-order valence-electron chi connectivity index (χ3n) is 4.10.